The molecule has 1 atom stereocenters. The van der Waals surface area contributed by atoms with Crippen LogP contribution in [0.5, 0.6) is 0 Å². The predicted octanol–water partition coefficient (Wildman–Crippen LogP) is 3.70. The molecule has 0 N–H and O–H groups in total. The van der Waals surface area contributed by atoms with Crippen molar-refractivity contribution in [1.82, 2.24) is 9.80 Å². The van der Waals surface area contributed by atoms with E-state index in [1.54, 1.807) is 0 Å². The van der Waals surface area contributed by atoms with E-state index in [-0.39, 0.29) is 17.7 Å². The van der Waals surface area contributed by atoms with E-state index in [2.05, 4.69) is 15.9 Å². The minimum Gasteiger partial charge on any atom is -0.369 e. The summed E-state index contributed by atoms with van der Waals surface area (Å²) in [4.78, 5) is 31.5. The van der Waals surface area contributed by atoms with Crippen molar-refractivity contribution >= 4 is 29.1 Å². The highest BCUT2D eigenvalue weighted by atomic mass is 35.5. The number of likely N-dealkylation sites (tertiary alicyclic amines) is 1. The summed E-state index contributed by atoms with van der Waals surface area (Å²) in [6, 6.07) is 15.8. The molecular formula is C24H28ClN3O2. The predicted molar refractivity (Wildman–Crippen MR) is 120 cm³/mol. The van der Waals surface area contributed by atoms with Crippen molar-refractivity contribution in [3.8, 4) is 0 Å². The molecule has 2 aliphatic heterocycles. The number of hydrogen-bond acceptors (Lipinski definition) is 4. The summed E-state index contributed by atoms with van der Waals surface area (Å²) in [6.45, 7) is 7.26. The molecule has 2 aromatic rings. The second-order valence-corrected chi connectivity index (χ2v) is 8.60. The summed E-state index contributed by atoms with van der Waals surface area (Å²) in [5, 5.41) is 0.763. The molecule has 6 heteroatoms. The SMILES string of the molecule is Cc1ccccc1C1CC(=O)N(CCCN2CCN(c3cccc(Cl)c3)CC2)C1=O. The van der Waals surface area contributed by atoms with E-state index in [1.807, 2.05) is 49.4 Å². The highest BCUT2D eigenvalue weighted by molar-refractivity contribution is 6.30. The van der Waals surface area contributed by atoms with E-state index in [9.17, 15) is 9.59 Å². The Morgan fingerprint density at radius 3 is 2.47 bits per heavy atom. The highest BCUT2D eigenvalue weighted by Gasteiger charge is 2.39. The molecule has 0 saturated carbocycles. The summed E-state index contributed by atoms with van der Waals surface area (Å²) in [5.74, 6) is -0.404. The van der Waals surface area contributed by atoms with Gasteiger partial charge in [0.15, 0.2) is 0 Å². The summed E-state index contributed by atoms with van der Waals surface area (Å²) >= 11 is 6.11. The van der Waals surface area contributed by atoms with Gasteiger partial charge in [-0.1, -0.05) is 41.9 Å². The first kappa shape index (κ1) is 20.9. The molecule has 1 unspecified atom stereocenters. The Kier molecular flexibility index (Phi) is 6.40. The van der Waals surface area contributed by atoms with Gasteiger partial charge in [0.2, 0.25) is 11.8 Å². The average Bonchev–Trinajstić information content (AvgIpc) is 3.03. The average molecular weight is 426 g/mol. The Bertz CT molecular complexity index is 924. The number of halogens is 1. The number of aryl methyl sites for hydroxylation is 1. The molecule has 2 saturated heterocycles. The van der Waals surface area contributed by atoms with Gasteiger partial charge in [-0.25, -0.2) is 0 Å². The van der Waals surface area contributed by atoms with E-state index in [0.717, 1.165) is 61.0 Å². The Morgan fingerprint density at radius 1 is 0.967 bits per heavy atom. The van der Waals surface area contributed by atoms with Gasteiger partial charge in [0.25, 0.3) is 0 Å². The molecular weight excluding hydrogens is 398 g/mol. The van der Waals surface area contributed by atoms with Gasteiger partial charge < -0.3 is 4.90 Å². The summed E-state index contributed by atoms with van der Waals surface area (Å²) < 4.78 is 0. The molecule has 2 aliphatic rings. The van der Waals surface area contributed by atoms with Gasteiger partial charge in [-0.2, -0.15) is 0 Å². The van der Waals surface area contributed by atoms with Gasteiger partial charge in [0.1, 0.15) is 0 Å². The number of anilines is 1. The number of amides is 2. The molecule has 5 nitrogen and oxygen atoms in total. The lowest BCUT2D eigenvalue weighted by molar-refractivity contribution is -0.138. The van der Waals surface area contributed by atoms with Crippen LogP contribution in [0.25, 0.3) is 0 Å². The van der Waals surface area contributed by atoms with Gasteiger partial charge in [-0.15, -0.1) is 0 Å². The van der Waals surface area contributed by atoms with Crippen LogP contribution in [0.1, 0.15) is 29.9 Å². The fourth-order valence-corrected chi connectivity index (χ4v) is 4.68. The first-order valence-electron chi connectivity index (χ1n) is 10.7. The van der Waals surface area contributed by atoms with Crippen molar-refractivity contribution in [2.45, 2.75) is 25.7 Å². The molecule has 30 heavy (non-hydrogen) atoms. The van der Waals surface area contributed by atoms with Crippen molar-refractivity contribution in [2.75, 3.05) is 44.2 Å². The lowest BCUT2D eigenvalue weighted by Gasteiger charge is -2.36. The number of imide groups is 1. The Hall–Kier alpha value is -2.37. The first-order valence-corrected chi connectivity index (χ1v) is 11.0. The van der Waals surface area contributed by atoms with Gasteiger partial charge in [-0.05, 0) is 49.2 Å². The van der Waals surface area contributed by atoms with Gasteiger partial charge in [0.05, 0.1) is 5.92 Å². The fourth-order valence-electron chi connectivity index (χ4n) is 4.49. The number of carbonyl (C=O) groups excluding carboxylic acids is 2. The monoisotopic (exact) mass is 425 g/mol. The minimum atomic E-state index is -0.319. The number of carbonyl (C=O) groups is 2. The number of hydrogen-bond donors (Lipinski definition) is 0. The quantitative estimate of drug-likeness (QED) is 0.662. The third-order valence-electron chi connectivity index (χ3n) is 6.21. The largest absolute Gasteiger partial charge is 0.369 e. The van der Waals surface area contributed by atoms with Crippen molar-refractivity contribution in [3.05, 3.63) is 64.7 Å². The number of nitrogens with zero attached hydrogens (tertiary/aromatic N) is 3. The maximum atomic E-state index is 12.9. The molecule has 0 bridgehead atoms. The normalized spacial score (nSPS) is 20.3. The number of piperazine rings is 1. The lowest BCUT2D eigenvalue weighted by Crippen LogP contribution is -2.47. The van der Waals surface area contributed by atoms with Crippen LogP contribution in [-0.2, 0) is 9.59 Å². The molecule has 0 radical (unpaired) electrons. The zero-order valence-corrected chi connectivity index (χ0v) is 18.1. The zero-order valence-electron chi connectivity index (χ0n) is 17.4. The van der Waals surface area contributed by atoms with Crippen molar-refractivity contribution in [3.63, 3.8) is 0 Å². The molecule has 158 valence electrons. The Morgan fingerprint density at radius 2 is 1.73 bits per heavy atom. The molecule has 2 amide bonds. The maximum absolute atomic E-state index is 12.9. The molecule has 0 aromatic heterocycles. The minimum absolute atomic E-state index is 0.0416. The van der Waals surface area contributed by atoms with Crippen molar-refractivity contribution in [2.24, 2.45) is 0 Å². The van der Waals surface area contributed by atoms with E-state index in [4.69, 9.17) is 11.6 Å². The fraction of sp³-hybridized carbons (Fsp3) is 0.417. The van der Waals surface area contributed by atoms with Crippen molar-refractivity contribution in [1.29, 1.82) is 0 Å². The van der Waals surface area contributed by atoms with E-state index < -0.39 is 0 Å². The van der Waals surface area contributed by atoms with Crippen LogP contribution >= 0.6 is 11.6 Å². The second-order valence-electron chi connectivity index (χ2n) is 8.16. The van der Waals surface area contributed by atoms with E-state index >= 15 is 0 Å². The third-order valence-corrected chi connectivity index (χ3v) is 6.44. The Labute approximate surface area is 183 Å². The smallest absolute Gasteiger partial charge is 0.237 e. The summed E-state index contributed by atoms with van der Waals surface area (Å²) in [6.07, 6.45) is 1.11. The molecule has 2 aromatic carbocycles. The highest BCUT2D eigenvalue weighted by Crippen LogP contribution is 2.31. The molecule has 0 spiro atoms. The zero-order chi connectivity index (χ0) is 21.1. The van der Waals surface area contributed by atoms with Gasteiger partial charge >= 0.3 is 0 Å². The van der Waals surface area contributed by atoms with Crippen molar-refractivity contribution < 1.29 is 9.59 Å². The Balaban J connectivity index is 1.25. The van der Waals surface area contributed by atoms with Crippen LogP contribution in [0, 0.1) is 6.92 Å². The standard InChI is InChI=1S/C24H28ClN3O2/c1-18-6-2-3-9-21(18)22-17-23(29)28(24(22)30)11-5-10-26-12-14-27(15-13-26)20-8-4-7-19(25)16-20/h2-4,6-9,16,22H,5,10-15,17H2,1H3. The van der Waals surface area contributed by atoms with Gasteiger partial charge in [0, 0.05) is 49.9 Å². The lowest BCUT2D eigenvalue weighted by atomic mass is 9.93. The topological polar surface area (TPSA) is 43.9 Å². The summed E-state index contributed by atoms with van der Waals surface area (Å²) in [7, 11) is 0. The molecule has 2 fully saturated rings. The van der Waals surface area contributed by atoms with Gasteiger partial charge in [-0.3, -0.25) is 19.4 Å². The second kappa shape index (κ2) is 9.19. The van der Waals surface area contributed by atoms with Crippen LogP contribution < -0.4 is 4.90 Å². The van der Waals surface area contributed by atoms with E-state index in [0.29, 0.717) is 13.0 Å². The van der Waals surface area contributed by atoms with Crippen LogP contribution in [0.3, 0.4) is 0 Å². The molecule has 2 heterocycles. The third kappa shape index (κ3) is 4.52. The first-order chi connectivity index (χ1) is 14.5. The van der Waals surface area contributed by atoms with Crippen LogP contribution in [-0.4, -0.2) is 60.9 Å². The summed E-state index contributed by atoms with van der Waals surface area (Å²) in [5.41, 5.74) is 3.22. The number of benzene rings is 2. The van der Waals surface area contributed by atoms with Crippen LogP contribution in [0.15, 0.2) is 48.5 Å². The number of rotatable bonds is 6. The maximum Gasteiger partial charge on any atom is 0.237 e. The molecule has 4 rings (SSSR count). The van der Waals surface area contributed by atoms with Crippen LogP contribution in [0.2, 0.25) is 5.02 Å². The van der Waals surface area contributed by atoms with Crippen LogP contribution in [0.4, 0.5) is 5.69 Å². The molecule has 0 aliphatic carbocycles. The van der Waals surface area contributed by atoms with E-state index in [1.165, 1.54) is 4.90 Å².